The van der Waals surface area contributed by atoms with Crippen molar-refractivity contribution < 1.29 is 51.1 Å². The average molecular weight is 567 g/mol. The van der Waals surface area contributed by atoms with E-state index in [0.29, 0.717) is 5.56 Å². The molecule has 0 atom stereocenters. The van der Waals surface area contributed by atoms with E-state index in [2.05, 4.69) is 0 Å². The van der Waals surface area contributed by atoms with E-state index >= 15 is 0 Å². The number of hydrogen-bond donors (Lipinski definition) is 10. The predicted octanol–water partition coefficient (Wildman–Crippen LogP) is 6.05. The molecule has 42 heavy (non-hydrogen) atoms. The summed E-state index contributed by atoms with van der Waals surface area (Å²) in [6, 6.07) is 20.5. The zero-order valence-corrected chi connectivity index (χ0v) is 21.4. The molecular formula is C32H22O10. The summed E-state index contributed by atoms with van der Waals surface area (Å²) < 4.78 is 0. The zero-order valence-electron chi connectivity index (χ0n) is 21.4. The highest BCUT2D eigenvalue weighted by molar-refractivity contribution is 6.24. The van der Waals surface area contributed by atoms with Crippen molar-refractivity contribution in [2.24, 2.45) is 0 Å². The molecule has 0 unspecified atom stereocenters. The molecule has 0 saturated carbocycles. The fourth-order valence-corrected chi connectivity index (χ4v) is 5.37. The van der Waals surface area contributed by atoms with Gasteiger partial charge in [0.25, 0.3) is 0 Å². The van der Waals surface area contributed by atoms with Gasteiger partial charge in [-0.15, -0.1) is 0 Å². The van der Waals surface area contributed by atoms with Crippen molar-refractivity contribution >= 4 is 21.5 Å². The third-order valence-corrected chi connectivity index (χ3v) is 7.37. The summed E-state index contributed by atoms with van der Waals surface area (Å²) in [4.78, 5) is 0. The molecule has 0 spiro atoms. The summed E-state index contributed by atoms with van der Waals surface area (Å²) in [6.45, 7) is 0. The molecule has 0 saturated heterocycles. The molecule has 0 fully saturated rings. The van der Waals surface area contributed by atoms with Crippen LogP contribution in [0, 0.1) is 0 Å². The third kappa shape index (κ3) is 3.52. The number of aromatic hydroxyl groups is 10. The van der Waals surface area contributed by atoms with E-state index in [4.69, 9.17) is 0 Å². The molecule has 10 heteroatoms. The molecule has 0 aliphatic rings. The first-order valence-corrected chi connectivity index (χ1v) is 12.5. The van der Waals surface area contributed by atoms with Crippen molar-refractivity contribution in [2.75, 3.05) is 0 Å². The van der Waals surface area contributed by atoms with Crippen molar-refractivity contribution in [3.05, 3.63) is 72.8 Å². The van der Waals surface area contributed by atoms with Crippen LogP contribution >= 0.6 is 0 Å². The molecule has 0 amide bonds. The largest absolute Gasteiger partial charge is 0.504 e. The predicted molar refractivity (Wildman–Crippen MR) is 154 cm³/mol. The number of phenolic OH excluding ortho intramolecular Hbond substituents is 10. The van der Waals surface area contributed by atoms with Gasteiger partial charge >= 0.3 is 0 Å². The minimum absolute atomic E-state index is 0.0916. The van der Waals surface area contributed by atoms with Crippen molar-refractivity contribution in [1.29, 1.82) is 0 Å². The molecule has 10 N–H and O–H groups in total. The second-order valence-corrected chi connectivity index (χ2v) is 9.66. The number of fused-ring (bicyclic) bond motifs is 2. The number of phenols is 10. The highest BCUT2D eigenvalue weighted by atomic mass is 16.4. The Hall–Kier alpha value is -6.16. The van der Waals surface area contributed by atoms with Crippen LogP contribution in [0.1, 0.15) is 0 Å². The Bertz CT molecular complexity index is 2030. The first-order valence-electron chi connectivity index (χ1n) is 12.5. The Morgan fingerprint density at radius 2 is 0.619 bits per heavy atom. The number of rotatable bonds is 3. The Morgan fingerprint density at radius 3 is 1.07 bits per heavy atom. The summed E-state index contributed by atoms with van der Waals surface area (Å²) >= 11 is 0. The Labute approximate surface area is 236 Å². The normalized spacial score (nSPS) is 11.3. The van der Waals surface area contributed by atoms with E-state index < -0.39 is 68.6 Å². The molecule has 210 valence electrons. The molecule has 0 aliphatic heterocycles. The molecule has 0 aliphatic carbocycles. The maximum Gasteiger partial charge on any atom is 0.208 e. The summed E-state index contributed by atoms with van der Waals surface area (Å²) in [6.07, 6.45) is 0. The van der Waals surface area contributed by atoms with Gasteiger partial charge in [0.2, 0.25) is 34.5 Å². The van der Waals surface area contributed by atoms with E-state index in [1.54, 1.807) is 42.5 Å². The van der Waals surface area contributed by atoms with Crippen LogP contribution in [-0.2, 0) is 0 Å². The molecule has 0 aromatic heterocycles. The molecule has 6 rings (SSSR count). The first kappa shape index (κ1) is 26.1. The lowest BCUT2D eigenvalue weighted by molar-refractivity contribution is 0.330. The first-order chi connectivity index (χ1) is 20.0. The van der Waals surface area contributed by atoms with Gasteiger partial charge in [-0.3, -0.25) is 0 Å². The molecule has 0 radical (unpaired) electrons. The van der Waals surface area contributed by atoms with Crippen molar-refractivity contribution in [2.45, 2.75) is 0 Å². The fraction of sp³-hybridized carbons (Fsp3) is 0. The third-order valence-electron chi connectivity index (χ3n) is 7.37. The van der Waals surface area contributed by atoms with Crippen LogP contribution in [0.25, 0.3) is 54.9 Å². The second-order valence-electron chi connectivity index (χ2n) is 9.66. The van der Waals surface area contributed by atoms with Gasteiger partial charge in [-0.1, -0.05) is 66.7 Å². The van der Waals surface area contributed by atoms with Crippen LogP contribution in [0.15, 0.2) is 72.8 Å². The Kier molecular flexibility index (Phi) is 5.72. The lowest BCUT2D eigenvalue weighted by Crippen LogP contribution is -1.94. The monoisotopic (exact) mass is 566 g/mol. The van der Waals surface area contributed by atoms with E-state index in [-0.39, 0.29) is 32.7 Å². The molecule has 0 heterocycles. The van der Waals surface area contributed by atoms with Gasteiger partial charge in [0, 0.05) is 11.1 Å². The van der Waals surface area contributed by atoms with Crippen LogP contribution in [-0.4, -0.2) is 51.1 Å². The Morgan fingerprint density at radius 1 is 0.262 bits per heavy atom. The quantitative estimate of drug-likeness (QED) is 0.0682. The van der Waals surface area contributed by atoms with Crippen LogP contribution in [0.4, 0.5) is 0 Å². The standard InChI is InChI=1S/C32H22O10/c33-23-21(24(34)28(38)31(41)27(23)37)19-15-8-4-5-9-16(15)20(22-25(35)29(39)32(42)30(40)26(22)36)18-12-14(10-11-17(18)19)13-6-2-1-3-7-13/h1-12,33-42H. The molecular weight excluding hydrogens is 544 g/mol. The van der Waals surface area contributed by atoms with Gasteiger partial charge in [0.15, 0.2) is 23.0 Å². The molecule has 6 aromatic rings. The van der Waals surface area contributed by atoms with Gasteiger partial charge in [-0.05, 0) is 38.7 Å². The lowest BCUT2D eigenvalue weighted by Gasteiger charge is -2.22. The van der Waals surface area contributed by atoms with Gasteiger partial charge < -0.3 is 51.1 Å². The van der Waals surface area contributed by atoms with Crippen LogP contribution in [0.3, 0.4) is 0 Å². The number of benzene rings is 6. The van der Waals surface area contributed by atoms with Gasteiger partial charge in [-0.2, -0.15) is 0 Å². The van der Waals surface area contributed by atoms with Crippen molar-refractivity contribution in [3.8, 4) is 90.9 Å². The summed E-state index contributed by atoms with van der Waals surface area (Å²) in [7, 11) is 0. The van der Waals surface area contributed by atoms with E-state index in [0.717, 1.165) is 5.56 Å². The maximum absolute atomic E-state index is 11.0. The van der Waals surface area contributed by atoms with Crippen LogP contribution in [0.2, 0.25) is 0 Å². The van der Waals surface area contributed by atoms with Crippen LogP contribution in [0.5, 0.6) is 57.5 Å². The molecule has 6 aromatic carbocycles. The number of hydrogen-bond acceptors (Lipinski definition) is 10. The van der Waals surface area contributed by atoms with Crippen molar-refractivity contribution in [1.82, 2.24) is 0 Å². The minimum atomic E-state index is -1.13. The van der Waals surface area contributed by atoms with Crippen molar-refractivity contribution in [3.63, 3.8) is 0 Å². The van der Waals surface area contributed by atoms with E-state index in [1.165, 1.54) is 0 Å². The van der Waals surface area contributed by atoms with Gasteiger partial charge in [-0.25, -0.2) is 0 Å². The van der Waals surface area contributed by atoms with Gasteiger partial charge in [0.1, 0.15) is 0 Å². The highest BCUT2D eigenvalue weighted by Gasteiger charge is 2.31. The fourth-order valence-electron chi connectivity index (χ4n) is 5.37. The van der Waals surface area contributed by atoms with E-state index in [9.17, 15) is 51.1 Å². The SMILES string of the molecule is Oc1c(O)c(O)c(-c2c3ccccc3c(-c3c(O)c(O)c(O)c(O)c3O)c3cc(-c4ccccc4)ccc23)c(O)c1O. The topological polar surface area (TPSA) is 202 Å². The van der Waals surface area contributed by atoms with Crippen LogP contribution < -0.4 is 0 Å². The Balaban J connectivity index is 1.90. The molecule has 10 nitrogen and oxygen atoms in total. The molecule has 0 bridgehead atoms. The summed E-state index contributed by atoms with van der Waals surface area (Å²) in [5.74, 6) is -10.3. The summed E-state index contributed by atoms with van der Waals surface area (Å²) in [5, 5.41) is 106. The van der Waals surface area contributed by atoms with Gasteiger partial charge in [0.05, 0.1) is 11.1 Å². The maximum atomic E-state index is 11.0. The average Bonchev–Trinajstić information content (AvgIpc) is 3.01. The summed E-state index contributed by atoms with van der Waals surface area (Å²) in [5.41, 5.74) is 0.764. The highest BCUT2D eigenvalue weighted by Crippen LogP contribution is 2.60. The lowest BCUT2D eigenvalue weighted by atomic mass is 9.83. The smallest absolute Gasteiger partial charge is 0.208 e. The minimum Gasteiger partial charge on any atom is -0.504 e. The second kappa shape index (κ2) is 9.20. The van der Waals surface area contributed by atoms with E-state index in [1.807, 2.05) is 30.3 Å². The zero-order chi connectivity index (χ0) is 30.0.